The molecule has 11 atom stereocenters. The number of hydrogen-bond acceptors (Lipinski definition) is 10. The molecule has 7 heterocycles. The van der Waals surface area contributed by atoms with Gasteiger partial charge in [-0.05, 0) is 310 Å². The smallest absolute Gasteiger partial charge is 0.454 e. The van der Waals surface area contributed by atoms with Gasteiger partial charge in [-0.3, -0.25) is 0 Å². The predicted molar refractivity (Wildman–Crippen MR) is 594 cm³/mol. The van der Waals surface area contributed by atoms with Crippen LogP contribution in [0.15, 0.2) is 171 Å². The molecule has 7 fully saturated rings. The zero-order valence-electron chi connectivity index (χ0n) is 91.0. The van der Waals surface area contributed by atoms with Gasteiger partial charge in [-0.15, -0.1) is 0 Å². The van der Waals surface area contributed by atoms with Crippen LogP contribution in [-0.4, -0.2) is 78.4 Å². The predicted octanol–water partition coefficient (Wildman–Crippen LogP) is 35.5. The number of rotatable bonds is 10. The number of benzene rings is 9. The van der Waals surface area contributed by atoms with Crippen molar-refractivity contribution in [3.05, 3.63) is 292 Å². The van der Waals surface area contributed by atoms with Gasteiger partial charge in [0.15, 0.2) is 16.7 Å². The van der Waals surface area contributed by atoms with Crippen LogP contribution in [0.25, 0.3) is 82.9 Å². The van der Waals surface area contributed by atoms with E-state index in [9.17, 15) is 0 Å². The van der Waals surface area contributed by atoms with Gasteiger partial charge in [0.1, 0.15) is 41.1 Å². The van der Waals surface area contributed by atoms with Crippen LogP contribution in [0.5, 0.6) is 0 Å². The standard InChI is InChI=1S/C35H41FN2O.2C31H34N2O.C9H17N.C9H18.C5H10.6CH3.3Os/c1-18-14-26(32-23(6)21(4)22(5)24(32)7)15-19(2)31(18)29-17-38(25(8)37(29)9)34-20(3)16-28(36)33-27-12-10-11-13-30(27)39-35(33)34;2*1-19-14-15-26-25-12-8-9-13-28(25)34-31(26)30(19)33-18-27(32(5)22(33)4)29-20(2)16-24(17-21(29)3)23-10-6-7-11-23;1-2-6-9(5-1)10-7-3-4-8-10;1-6-5-7(2)9(4)8(6)3;1-2-4-5-3-1;;;;;;;;;/h10-17,21-25,32H,1-9H3;2*8-9,12-18,22-23H,6-7,10-11H2,1-5H3;9H,1-8H2;6-9H,5H2,1-4H3;1-5H2;6*1H3;;;/q;;;;;;6*-1;3*+2/t21?,22?,23?,24?,25-,32?;2*22-;;;;;;;;;;;;/m111............/s1. The second kappa shape index (κ2) is 49.9. The van der Waals surface area contributed by atoms with Crippen LogP contribution in [-0.2, 0) is 59.4 Å². The maximum Gasteiger partial charge on any atom is 2.00 e. The van der Waals surface area contributed by atoms with E-state index in [1.54, 1.807) is 6.07 Å². The minimum atomic E-state index is -0.234. The van der Waals surface area contributed by atoms with E-state index in [4.69, 9.17) is 13.3 Å². The number of likely N-dealkylation sites (tertiary alicyclic amines) is 1. The van der Waals surface area contributed by atoms with Gasteiger partial charge in [0.25, 0.3) is 0 Å². The van der Waals surface area contributed by atoms with Crippen LogP contribution in [0.2, 0.25) is 0 Å². The fourth-order valence-corrected chi connectivity index (χ4v) is 25.7. The number of fused-ring (bicyclic) bond motifs is 9. The summed E-state index contributed by atoms with van der Waals surface area (Å²) in [6, 6.07) is 50.6. The topological polar surface area (TPSA) is 62.1 Å². The van der Waals surface area contributed by atoms with Crippen molar-refractivity contribution >= 4 is 100.0 Å². The van der Waals surface area contributed by atoms with E-state index in [0.717, 1.165) is 92.4 Å². The third-order valence-electron chi connectivity index (χ3n) is 34.5. The van der Waals surface area contributed by atoms with Gasteiger partial charge >= 0.3 is 59.4 Å². The second-order valence-electron chi connectivity index (χ2n) is 42.6. The third kappa shape index (κ3) is 22.9. The van der Waals surface area contributed by atoms with Crippen LogP contribution >= 0.6 is 0 Å². The number of hydrogen-bond donors (Lipinski definition) is 0. The van der Waals surface area contributed by atoms with Crippen molar-refractivity contribution in [2.75, 3.05) is 48.9 Å². The minimum absolute atomic E-state index is 0. The van der Waals surface area contributed by atoms with Gasteiger partial charge in [0.2, 0.25) is 0 Å². The van der Waals surface area contributed by atoms with Crippen LogP contribution < -0.4 is 14.7 Å². The molecule has 10 nitrogen and oxygen atoms in total. The molecule has 760 valence electrons. The van der Waals surface area contributed by atoms with Crippen molar-refractivity contribution in [2.45, 2.75) is 309 Å². The molecule has 9 aromatic carbocycles. The molecule has 0 amide bonds. The van der Waals surface area contributed by atoms with E-state index >= 15 is 4.39 Å². The zero-order chi connectivity index (χ0) is 92.4. The normalized spacial score (nSPS) is 23.2. The molecule has 0 bridgehead atoms. The summed E-state index contributed by atoms with van der Waals surface area (Å²) in [6.45, 7) is 48.8. The van der Waals surface area contributed by atoms with Crippen LogP contribution in [0.3, 0.4) is 0 Å². The van der Waals surface area contributed by atoms with Crippen LogP contribution in [0, 0.1) is 160 Å². The first-order chi connectivity index (χ1) is 63.0. The van der Waals surface area contributed by atoms with Crippen LogP contribution in [0.1, 0.15) is 306 Å². The zero-order valence-corrected chi connectivity index (χ0v) is 98.6. The molecule has 0 radical (unpaired) electrons. The van der Waals surface area contributed by atoms with E-state index in [1.165, 1.54) is 269 Å². The molecule has 0 spiro atoms. The Kier molecular flexibility index (Phi) is 41.8. The Hall–Kier alpha value is -7.80. The van der Waals surface area contributed by atoms with Gasteiger partial charge in [-0.1, -0.05) is 241 Å². The Balaban J connectivity index is 0.000000222. The maximum absolute atomic E-state index is 15.3. The van der Waals surface area contributed by atoms with Gasteiger partial charge < -0.3 is 92.1 Å². The summed E-state index contributed by atoms with van der Waals surface area (Å²) in [5, 5.41) is 6.09. The summed E-state index contributed by atoms with van der Waals surface area (Å²) in [5.74, 6) is 8.51. The maximum atomic E-state index is 15.3. The average Bonchev–Trinajstić information content (AvgIpc) is 1.59. The number of nitrogens with zero attached hydrogens (tertiary/aromatic N) is 7. The molecule has 14 heteroatoms. The molecular weight excluding hydrogens is 2250 g/mol. The van der Waals surface area contributed by atoms with Crippen molar-refractivity contribution in [2.24, 2.45) is 47.3 Å². The first kappa shape index (κ1) is 117. The number of furan rings is 3. The molecule has 4 aliphatic heterocycles. The molecule has 1 saturated heterocycles. The summed E-state index contributed by atoms with van der Waals surface area (Å²) in [6.07, 6.45) is 36.0. The average molecular weight is 2420 g/mol. The largest absolute Gasteiger partial charge is 2.00 e. The third-order valence-corrected chi connectivity index (χ3v) is 34.5. The molecular formula is C126H172FN7O3Os3. The Morgan fingerprint density at radius 1 is 0.300 bits per heavy atom. The molecule has 140 heavy (non-hydrogen) atoms. The van der Waals surface area contributed by atoms with E-state index in [2.05, 4.69) is 303 Å². The first-order valence-electron chi connectivity index (χ1n) is 51.2. The van der Waals surface area contributed by atoms with E-state index in [-0.39, 0.29) is 128 Å². The van der Waals surface area contributed by atoms with Crippen molar-refractivity contribution in [3.63, 3.8) is 0 Å². The number of para-hydroxylation sites is 3. The molecule has 6 saturated carbocycles. The van der Waals surface area contributed by atoms with Gasteiger partial charge in [-0.25, -0.2) is 4.39 Å². The number of halogens is 1. The molecule has 10 aliphatic rings. The summed E-state index contributed by atoms with van der Waals surface area (Å²) in [5.41, 5.74) is 32.3. The van der Waals surface area contributed by atoms with Crippen LogP contribution in [0.4, 0.5) is 21.5 Å². The van der Waals surface area contributed by atoms with Gasteiger partial charge in [-0.2, -0.15) is 0 Å². The van der Waals surface area contributed by atoms with Crippen molar-refractivity contribution < 1.29 is 77.0 Å². The van der Waals surface area contributed by atoms with Crippen molar-refractivity contribution in [3.8, 4) is 0 Å². The van der Waals surface area contributed by atoms with Gasteiger partial charge in [0.05, 0.1) is 39.5 Å². The molecule has 0 N–H and O–H groups in total. The summed E-state index contributed by atoms with van der Waals surface area (Å²) in [7, 11) is 6.59. The van der Waals surface area contributed by atoms with E-state index in [1.807, 2.05) is 43.3 Å². The molecule has 12 aromatic rings. The molecule has 22 rings (SSSR count). The minimum Gasteiger partial charge on any atom is -0.454 e. The number of anilines is 3. The Morgan fingerprint density at radius 2 is 0.607 bits per heavy atom. The molecule has 8 unspecified atom stereocenters. The molecule has 6 aliphatic carbocycles. The SMILES string of the molecule is C1CCC(N2CCCC2)C1.C1CCCC1.CC1CC(C)C(C)C1C.Cc1cc(C2C(C)C(C)C(C)C2C)cc(C)c1C1=CN(c2c(C)cc(F)c3c2oc2ccccc23)[C@H](C)N1C.Cc1cc(C2CCCC2)cc(C)c1C1=CN(c2c(C)ccc3c2oc2ccccc23)[C@H](C)N1C.Cc1cc(C2CCCC2)cc(C)c1C1=CN(c2c(C)ccc3c2oc2ccccc23)[C@H](C)N1C.[CH3-].[CH3-].[CH3-].[CH3-].[CH3-].[CH3-].[Os+2].[Os+2].[Os+2]. The summed E-state index contributed by atoms with van der Waals surface area (Å²) < 4.78 is 34.4. The van der Waals surface area contributed by atoms with E-state index in [0.29, 0.717) is 34.3 Å². The Morgan fingerprint density at radius 3 is 0.950 bits per heavy atom. The van der Waals surface area contributed by atoms with Crippen molar-refractivity contribution in [1.29, 1.82) is 0 Å². The Labute approximate surface area is 886 Å². The second-order valence-corrected chi connectivity index (χ2v) is 42.6. The molecule has 3 aromatic heterocycles. The quantitative estimate of drug-likeness (QED) is 0.124. The summed E-state index contributed by atoms with van der Waals surface area (Å²) >= 11 is 0. The monoisotopic (exact) mass is 2430 g/mol. The number of aryl methyl sites for hydroxylation is 9. The van der Waals surface area contributed by atoms with Crippen molar-refractivity contribution in [1.82, 2.24) is 19.6 Å². The fraction of sp³-hybridized carbons (Fsp3) is 0.476. The fourth-order valence-electron chi connectivity index (χ4n) is 25.7. The first-order valence-corrected chi connectivity index (χ1v) is 51.2. The van der Waals surface area contributed by atoms with E-state index < -0.39 is 0 Å². The summed E-state index contributed by atoms with van der Waals surface area (Å²) in [4.78, 5) is 16.9. The van der Waals surface area contributed by atoms with Gasteiger partial charge in [0, 0.05) is 89.4 Å². The Bertz CT molecular complexity index is 5900.